The standard InChI is InChI=1S/C30H35N7O2/c1-20-9-7-8-12-24(20)18-27(34-22(3)38)28(39)35-25-13-15-36(16-14-25)29-26(17-23-10-5-4-6-11-23)21(2)33-30-31-19-32-37(29)30/h4-12,19,25,27H,13-18H2,1-3H3,(H,34,38)(H,35,39)/t27-/m0/s1. The molecule has 0 bridgehead atoms. The largest absolute Gasteiger partial charge is 0.356 e. The second-order valence-electron chi connectivity index (χ2n) is 10.3. The number of piperidine rings is 1. The number of benzene rings is 2. The molecule has 1 aliphatic rings. The lowest BCUT2D eigenvalue weighted by Gasteiger charge is -2.35. The highest BCUT2D eigenvalue weighted by atomic mass is 16.2. The van der Waals surface area contributed by atoms with Crippen LogP contribution in [0.25, 0.3) is 5.78 Å². The summed E-state index contributed by atoms with van der Waals surface area (Å²) in [5, 5.41) is 10.5. The van der Waals surface area contributed by atoms with Crippen LogP contribution in [0.4, 0.5) is 5.82 Å². The Bertz CT molecular complexity index is 1460. The maximum absolute atomic E-state index is 13.3. The lowest BCUT2D eigenvalue weighted by molar-refractivity contribution is -0.128. The summed E-state index contributed by atoms with van der Waals surface area (Å²) in [7, 11) is 0. The highest BCUT2D eigenvalue weighted by Gasteiger charge is 2.28. The highest BCUT2D eigenvalue weighted by Crippen LogP contribution is 2.28. The predicted molar refractivity (Wildman–Crippen MR) is 151 cm³/mol. The number of hydrogen-bond acceptors (Lipinski definition) is 6. The van der Waals surface area contributed by atoms with E-state index in [0.29, 0.717) is 12.2 Å². The molecule has 0 spiro atoms. The van der Waals surface area contributed by atoms with Crippen LogP contribution in [0.1, 0.15) is 47.7 Å². The first kappa shape index (κ1) is 26.3. The van der Waals surface area contributed by atoms with Crippen molar-refractivity contribution in [3.8, 4) is 0 Å². The fourth-order valence-electron chi connectivity index (χ4n) is 5.35. The molecular formula is C30H35N7O2. The van der Waals surface area contributed by atoms with E-state index in [2.05, 4.69) is 37.7 Å². The molecule has 9 heteroatoms. The van der Waals surface area contributed by atoms with Crippen molar-refractivity contribution in [1.82, 2.24) is 30.2 Å². The number of nitrogens with zero attached hydrogens (tertiary/aromatic N) is 5. The van der Waals surface area contributed by atoms with Gasteiger partial charge in [-0.2, -0.15) is 14.6 Å². The van der Waals surface area contributed by atoms with Crippen LogP contribution >= 0.6 is 0 Å². The zero-order valence-electron chi connectivity index (χ0n) is 22.7. The number of rotatable bonds is 8. The zero-order valence-corrected chi connectivity index (χ0v) is 22.7. The Hall–Kier alpha value is -4.27. The quantitative estimate of drug-likeness (QED) is 0.366. The monoisotopic (exact) mass is 525 g/mol. The highest BCUT2D eigenvalue weighted by molar-refractivity contribution is 5.87. The molecule has 0 unspecified atom stereocenters. The fraction of sp³-hybridized carbons (Fsp3) is 0.367. The summed E-state index contributed by atoms with van der Waals surface area (Å²) >= 11 is 0. The first-order chi connectivity index (χ1) is 18.9. The van der Waals surface area contributed by atoms with Gasteiger partial charge in [0.1, 0.15) is 18.2 Å². The van der Waals surface area contributed by atoms with Crippen LogP contribution in [0.2, 0.25) is 0 Å². The third kappa shape index (κ3) is 6.08. The van der Waals surface area contributed by atoms with Gasteiger partial charge < -0.3 is 15.5 Å². The van der Waals surface area contributed by atoms with Gasteiger partial charge in [-0.15, -0.1) is 0 Å². The van der Waals surface area contributed by atoms with Gasteiger partial charge in [-0.25, -0.2) is 4.98 Å². The van der Waals surface area contributed by atoms with Crippen molar-refractivity contribution < 1.29 is 9.59 Å². The molecule has 9 nitrogen and oxygen atoms in total. The third-order valence-corrected chi connectivity index (χ3v) is 7.45. The number of aromatic nitrogens is 4. The summed E-state index contributed by atoms with van der Waals surface area (Å²) in [6.45, 7) is 7.01. The van der Waals surface area contributed by atoms with Gasteiger partial charge >= 0.3 is 0 Å². The Kier molecular flexibility index (Phi) is 7.86. The van der Waals surface area contributed by atoms with Crippen LogP contribution in [0.3, 0.4) is 0 Å². The average molecular weight is 526 g/mol. The molecule has 2 aromatic carbocycles. The van der Waals surface area contributed by atoms with Crippen LogP contribution in [0, 0.1) is 13.8 Å². The minimum absolute atomic E-state index is 0.0219. The van der Waals surface area contributed by atoms with E-state index in [4.69, 9.17) is 4.98 Å². The number of aryl methyl sites for hydroxylation is 2. The Labute approximate surface area is 228 Å². The number of carbonyl (C=O) groups excluding carboxylic acids is 2. The average Bonchev–Trinajstić information content (AvgIpc) is 3.39. The predicted octanol–water partition coefficient (Wildman–Crippen LogP) is 3.16. The van der Waals surface area contributed by atoms with Crippen LogP contribution in [0.15, 0.2) is 60.9 Å². The van der Waals surface area contributed by atoms with Crippen LogP contribution in [0.5, 0.6) is 0 Å². The first-order valence-corrected chi connectivity index (χ1v) is 13.5. The van der Waals surface area contributed by atoms with Crippen molar-refractivity contribution in [2.75, 3.05) is 18.0 Å². The van der Waals surface area contributed by atoms with E-state index < -0.39 is 6.04 Å². The number of hydrogen-bond donors (Lipinski definition) is 2. The van der Waals surface area contributed by atoms with Crippen molar-refractivity contribution in [2.45, 2.75) is 58.5 Å². The summed E-state index contributed by atoms with van der Waals surface area (Å²) in [6, 6.07) is 17.7. The molecule has 2 N–H and O–H groups in total. The Morgan fingerprint density at radius 2 is 1.74 bits per heavy atom. The van der Waals surface area contributed by atoms with E-state index in [1.807, 2.05) is 60.8 Å². The first-order valence-electron chi connectivity index (χ1n) is 13.5. The molecule has 2 amide bonds. The van der Waals surface area contributed by atoms with Crippen molar-refractivity contribution in [3.05, 3.63) is 88.9 Å². The SMILES string of the molecule is CC(=O)N[C@@H](Cc1ccccc1C)C(=O)NC1CCN(c2c(Cc3ccccc3)c(C)nc3ncnn23)CC1. The summed E-state index contributed by atoms with van der Waals surface area (Å²) in [5.41, 5.74) is 5.44. The van der Waals surface area contributed by atoms with Crippen LogP contribution in [-0.4, -0.2) is 56.6 Å². The van der Waals surface area contributed by atoms with Gasteiger partial charge in [-0.1, -0.05) is 54.6 Å². The normalized spacial score (nSPS) is 14.8. The minimum Gasteiger partial charge on any atom is -0.356 e. The molecule has 3 heterocycles. The second-order valence-corrected chi connectivity index (χ2v) is 10.3. The van der Waals surface area contributed by atoms with Crippen molar-refractivity contribution in [2.24, 2.45) is 0 Å². The maximum atomic E-state index is 13.3. The van der Waals surface area contributed by atoms with Crippen molar-refractivity contribution >= 4 is 23.4 Å². The number of amides is 2. The molecular weight excluding hydrogens is 490 g/mol. The molecule has 0 saturated carbocycles. The molecule has 202 valence electrons. The van der Waals surface area contributed by atoms with E-state index in [0.717, 1.165) is 60.6 Å². The van der Waals surface area contributed by atoms with Gasteiger partial charge in [-0.05, 0) is 43.4 Å². The lowest BCUT2D eigenvalue weighted by atomic mass is 9.98. The molecule has 39 heavy (non-hydrogen) atoms. The Morgan fingerprint density at radius 1 is 1.03 bits per heavy atom. The lowest BCUT2D eigenvalue weighted by Crippen LogP contribution is -2.53. The third-order valence-electron chi connectivity index (χ3n) is 7.45. The maximum Gasteiger partial charge on any atom is 0.254 e. The van der Waals surface area contributed by atoms with Crippen LogP contribution < -0.4 is 15.5 Å². The topological polar surface area (TPSA) is 105 Å². The molecule has 1 saturated heterocycles. The molecule has 4 aromatic rings. The van der Waals surface area contributed by atoms with Crippen LogP contribution in [-0.2, 0) is 22.4 Å². The van der Waals surface area contributed by atoms with Gasteiger partial charge in [0.2, 0.25) is 11.8 Å². The Balaban J connectivity index is 1.30. The smallest absolute Gasteiger partial charge is 0.254 e. The molecule has 2 aromatic heterocycles. The molecule has 0 aliphatic carbocycles. The van der Waals surface area contributed by atoms with Gasteiger partial charge in [0.05, 0.1) is 0 Å². The van der Waals surface area contributed by atoms with E-state index in [-0.39, 0.29) is 17.9 Å². The van der Waals surface area contributed by atoms with Gasteiger partial charge in [-0.3, -0.25) is 9.59 Å². The summed E-state index contributed by atoms with van der Waals surface area (Å²) in [5.74, 6) is 1.24. The number of carbonyl (C=O) groups is 2. The molecule has 1 aliphatic heterocycles. The molecule has 0 radical (unpaired) electrons. The molecule has 1 atom stereocenters. The molecule has 1 fully saturated rings. The van der Waals surface area contributed by atoms with E-state index in [1.165, 1.54) is 12.5 Å². The number of fused-ring (bicyclic) bond motifs is 1. The van der Waals surface area contributed by atoms with Crippen molar-refractivity contribution in [3.63, 3.8) is 0 Å². The fourth-order valence-corrected chi connectivity index (χ4v) is 5.35. The zero-order chi connectivity index (χ0) is 27.4. The van der Waals surface area contributed by atoms with Gasteiger partial charge in [0.15, 0.2) is 0 Å². The van der Waals surface area contributed by atoms with E-state index >= 15 is 0 Å². The van der Waals surface area contributed by atoms with Gasteiger partial charge in [0, 0.05) is 50.2 Å². The van der Waals surface area contributed by atoms with E-state index in [1.54, 1.807) is 6.33 Å². The summed E-state index contributed by atoms with van der Waals surface area (Å²) in [4.78, 5) is 36.5. The van der Waals surface area contributed by atoms with Gasteiger partial charge in [0.25, 0.3) is 5.78 Å². The van der Waals surface area contributed by atoms with E-state index in [9.17, 15) is 9.59 Å². The number of nitrogens with one attached hydrogen (secondary N) is 2. The molecule has 5 rings (SSSR count). The number of anilines is 1. The summed E-state index contributed by atoms with van der Waals surface area (Å²) in [6.07, 6.45) is 4.32. The summed E-state index contributed by atoms with van der Waals surface area (Å²) < 4.78 is 1.83. The Morgan fingerprint density at radius 3 is 2.46 bits per heavy atom. The second kappa shape index (κ2) is 11.6. The minimum atomic E-state index is -0.614. The van der Waals surface area contributed by atoms with Crippen molar-refractivity contribution in [1.29, 1.82) is 0 Å².